The average Bonchev–Trinajstić information content (AvgIpc) is 2.35. The number of thiophene rings is 1. The first-order valence-electron chi connectivity index (χ1n) is 3.70. The molecule has 0 saturated heterocycles. The predicted octanol–water partition coefficient (Wildman–Crippen LogP) is 1.69. The minimum atomic E-state index is -0.695. The van der Waals surface area contributed by atoms with Crippen LogP contribution in [-0.2, 0) is 6.42 Å². The molecule has 4 heteroatoms. The van der Waals surface area contributed by atoms with Gasteiger partial charge in [0, 0.05) is 11.3 Å². The molecule has 68 valence electrons. The quantitative estimate of drug-likeness (QED) is 0.790. The van der Waals surface area contributed by atoms with Crippen molar-refractivity contribution in [3.63, 3.8) is 0 Å². The summed E-state index contributed by atoms with van der Waals surface area (Å²) >= 11 is 7.13. The molecule has 1 heterocycles. The molecule has 0 spiro atoms. The molecule has 0 saturated carbocycles. The number of rotatable bonds is 3. The van der Waals surface area contributed by atoms with Crippen LogP contribution in [0.5, 0.6) is 0 Å². The first-order valence-corrected chi connectivity index (χ1v) is 4.89. The zero-order valence-electron chi connectivity index (χ0n) is 6.70. The van der Waals surface area contributed by atoms with Crippen LogP contribution in [0.15, 0.2) is 12.1 Å². The van der Waals surface area contributed by atoms with Crippen molar-refractivity contribution in [3.8, 4) is 0 Å². The summed E-state index contributed by atoms with van der Waals surface area (Å²) < 4.78 is 0.711. The predicted molar refractivity (Wildman–Crippen MR) is 50.7 cm³/mol. The van der Waals surface area contributed by atoms with Crippen LogP contribution in [0.1, 0.15) is 11.8 Å². The van der Waals surface area contributed by atoms with Crippen LogP contribution < -0.4 is 0 Å². The van der Waals surface area contributed by atoms with Gasteiger partial charge in [-0.2, -0.15) is 0 Å². The van der Waals surface area contributed by atoms with Gasteiger partial charge in [0.05, 0.1) is 16.5 Å². The van der Waals surface area contributed by atoms with E-state index in [-0.39, 0.29) is 0 Å². The molecule has 1 aromatic rings. The Balaban J connectivity index is 2.52. The highest BCUT2D eigenvalue weighted by Crippen LogP contribution is 2.22. The van der Waals surface area contributed by atoms with E-state index in [1.165, 1.54) is 11.3 Å². The van der Waals surface area contributed by atoms with E-state index in [0.29, 0.717) is 10.8 Å². The molecule has 2 N–H and O–H groups in total. The van der Waals surface area contributed by atoms with Crippen LogP contribution in [0.25, 0.3) is 0 Å². The summed E-state index contributed by atoms with van der Waals surface area (Å²) in [7, 11) is 0. The van der Waals surface area contributed by atoms with Crippen molar-refractivity contribution in [1.29, 1.82) is 0 Å². The summed E-state index contributed by atoms with van der Waals surface area (Å²) in [4.78, 5) is 0.994. The molecule has 2 nitrogen and oxygen atoms in total. The molecule has 0 bridgehead atoms. The van der Waals surface area contributed by atoms with Crippen molar-refractivity contribution in [3.05, 3.63) is 21.3 Å². The van der Waals surface area contributed by atoms with Gasteiger partial charge >= 0.3 is 0 Å². The van der Waals surface area contributed by atoms with E-state index in [1.54, 1.807) is 13.0 Å². The molecular formula is C8H11ClO2S. The van der Waals surface area contributed by atoms with E-state index in [1.807, 2.05) is 6.07 Å². The van der Waals surface area contributed by atoms with Crippen LogP contribution in [-0.4, -0.2) is 22.4 Å². The Hall–Kier alpha value is -0.0900. The normalized spacial score (nSPS) is 16.0. The fourth-order valence-corrected chi connectivity index (χ4v) is 1.98. The topological polar surface area (TPSA) is 40.5 Å². The lowest BCUT2D eigenvalue weighted by atomic mass is 10.1. The second-order valence-electron chi connectivity index (χ2n) is 2.72. The summed E-state index contributed by atoms with van der Waals surface area (Å²) in [5.74, 6) is 0. The molecule has 1 aromatic heterocycles. The fourth-order valence-electron chi connectivity index (χ4n) is 0.838. The van der Waals surface area contributed by atoms with Gasteiger partial charge in [-0.25, -0.2) is 0 Å². The number of hydrogen-bond acceptors (Lipinski definition) is 3. The maximum absolute atomic E-state index is 9.30. The Bertz CT molecular complexity index is 247. The molecule has 0 radical (unpaired) electrons. The van der Waals surface area contributed by atoms with Crippen molar-refractivity contribution in [2.24, 2.45) is 0 Å². The zero-order valence-corrected chi connectivity index (χ0v) is 8.27. The smallest absolute Gasteiger partial charge is 0.0931 e. The van der Waals surface area contributed by atoms with Gasteiger partial charge < -0.3 is 10.2 Å². The maximum atomic E-state index is 9.30. The number of hydrogen-bond donors (Lipinski definition) is 2. The summed E-state index contributed by atoms with van der Waals surface area (Å²) in [6, 6.07) is 3.65. The van der Waals surface area contributed by atoms with Crippen molar-refractivity contribution < 1.29 is 10.2 Å². The second kappa shape index (κ2) is 4.23. The van der Waals surface area contributed by atoms with Gasteiger partial charge in [0.1, 0.15) is 0 Å². The van der Waals surface area contributed by atoms with Crippen molar-refractivity contribution in [2.45, 2.75) is 25.6 Å². The molecule has 2 atom stereocenters. The van der Waals surface area contributed by atoms with Crippen LogP contribution in [0.3, 0.4) is 0 Å². The van der Waals surface area contributed by atoms with Crippen LogP contribution >= 0.6 is 22.9 Å². The largest absolute Gasteiger partial charge is 0.391 e. The van der Waals surface area contributed by atoms with Gasteiger partial charge in [-0.05, 0) is 19.1 Å². The Kier molecular flexibility index (Phi) is 3.53. The van der Waals surface area contributed by atoms with E-state index >= 15 is 0 Å². The van der Waals surface area contributed by atoms with Gasteiger partial charge in [-0.3, -0.25) is 0 Å². The van der Waals surface area contributed by atoms with Gasteiger partial charge in [0.25, 0.3) is 0 Å². The Morgan fingerprint density at radius 2 is 2.17 bits per heavy atom. The molecular weight excluding hydrogens is 196 g/mol. The lowest BCUT2D eigenvalue weighted by Crippen LogP contribution is -2.24. The third-order valence-electron chi connectivity index (χ3n) is 1.60. The first kappa shape index (κ1) is 9.99. The molecule has 0 fully saturated rings. The van der Waals surface area contributed by atoms with Crippen LogP contribution in [0.4, 0.5) is 0 Å². The van der Waals surface area contributed by atoms with E-state index in [9.17, 15) is 5.11 Å². The highest BCUT2D eigenvalue weighted by Gasteiger charge is 2.12. The van der Waals surface area contributed by atoms with Gasteiger partial charge in [0.2, 0.25) is 0 Å². The number of aliphatic hydroxyl groups excluding tert-OH is 2. The highest BCUT2D eigenvalue weighted by molar-refractivity contribution is 7.16. The van der Waals surface area contributed by atoms with Gasteiger partial charge in [-0.1, -0.05) is 11.6 Å². The van der Waals surface area contributed by atoms with E-state index in [2.05, 4.69) is 0 Å². The second-order valence-corrected chi connectivity index (χ2v) is 4.52. The molecule has 0 amide bonds. The number of halogens is 1. The highest BCUT2D eigenvalue weighted by atomic mass is 35.5. The lowest BCUT2D eigenvalue weighted by Gasteiger charge is -2.11. The molecule has 0 aliphatic rings. The Morgan fingerprint density at radius 1 is 1.50 bits per heavy atom. The monoisotopic (exact) mass is 206 g/mol. The lowest BCUT2D eigenvalue weighted by molar-refractivity contribution is 0.0324. The molecule has 1 rings (SSSR count). The third kappa shape index (κ3) is 2.75. The SMILES string of the molecule is CC(O)C(O)Cc1ccc(Cl)s1. The van der Waals surface area contributed by atoms with Crippen LogP contribution in [0.2, 0.25) is 4.34 Å². The minimum absolute atomic E-state index is 0.467. The van der Waals surface area contributed by atoms with Gasteiger partial charge in [-0.15, -0.1) is 11.3 Å². The minimum Gasteiger partial charge on any atom is -0.391 e. The molecule has 12 heavy (non-hydrogen) atoms. The Morgan fingerprint density at radius 3 is 2.58 bits per heavy atom. The number of aliphatic hydroxyl groups is 2. The van der Waals surface area contributed by atoms with Crippen molar-refractivity contribution >= 4 is 22.9 Å². The maximum Gasteiger partial charge on any atom is 0.0931 e. The molecule has 0 aliphatic heterocycles. The average molecular weight is 207 g/mol. The summed E-state index contributed by atoms with van der Waals surface area (Å²) in [5.41, 5.74) is 0. The fraction of sp³-hybridized carbons (Fsp3) is 0.500. The van der Waals surface area contributed by atoms with E-state index in [0.717, 1.165) is 4.88 Å². The summed E-state index contributed by atoms with van der Waals surface area (Å²) in [6.45, 7) is 1.57. The van der Waals surface area contributed by atoms with Crippen LogP contribution in [0, 0.1) is 0 Å². The molecule has 0 aliphatic carbocycles. The van der Waals surface area contributed by atoms with Crippen molar-refractivity contribution in [1.82, 2.24) is 0 Å². The summed E-state index contributed by atoms with van der Waals surface area (Å²) in [6.07, 6.45) is -0.916. The standard InChI is InChI=1S/C8H11ClO2S/c1-5(10)7(11)4-6-2-3-8(9)12-6/h2-3,5,7,10-11H,4H2,1H3. The summed E-state index contributed by atoms with van der Waals surface area (Å²) in [5, 5.41) is 18.3. The van der Waals surface area contributed by atoms with Gasteiger partial charge in [0.15, 0.2) is 0 Å². The van der Waals surface area contributed by atoms with E-state index in [4.69, 9.17) is 16.7 Å². The Labute approximate surface area is 80.4 Å². The van der Waals surface area contributed by atoms with Crippen molar-refractivity contribution in [2.75, 3.05) is 0 Å². The first-order chi connectivity index (χ1) is 5.59. The van der Waals surface area contributed by atoms with E-state index < -0.39 is 12.2 Å². The molecule has 2 unspecified atom stereocenters. The zero-order chi connectivity index (χ0) is 9.14. The third-order valence-corrected chi connectivity index (χ3v) is 2.85. The molecule has 0 aromatic carbocycles.